The van der Waals surface area contributed by atoms with Crippen molar-refractivity contribution >= 4 is 38.4 Å². The van der Waals surface area contributed by atoms with Crippen LogP contribution >= 0.6 is 15.9 Å². The first-order valence-corrected chi connectivity index (χ1v) is 6.33. The molecule has 0 spiro atoms. The van der Waals surface area contributed by atoms with Gasteiger partial charge in [-0.3, -0.25) is 0 Å². The van der Waals surface area contributed by atoms with E-state index in [9.17, 15) is 14.8 Å². The first-order chi connectivity index (χ1) is 9.08. The Hall–Kier alpha value is -1.95. The molecule has 0 saturated heterocycles. The van der Waals surface area contributed by atoms with Crippen molar-refractivity contribution in [3.8, 4) is 5.75 Å². The lowest BCUT2D eigenvalue weighted by atomic mass is 10.0. The number of hydrogen-bond donors (Lipinski definition) is 1. The fourth-order valence-electron chi connectivity index (χ4n) is 1.83. The average molecular weight is 324 g/mol. The average Bonchev–Trinajstić information content (AvgIpc) is 2.38. The molecule has 5 nitrogen and oxygen atoms in total. The van der Waals surface area contributed by atoms with Crippen LogP contribution in [-0.2, 0) is 4.74 Å². The summed E-state index contributed by atoms with van der Waals surface area (Å²) in [5.41, 5.74) is -0.322. The lowest BCUT2D eigenvalue weighted by Crippen LogP contribution is -2.05. The Morgan fingerprint density at radius 3 is 2.79 bits per heavy atom. The van der Waals surface area contributed by atoms with Gasteiger partial charge in [0, 0.05) is 9.86 Å². The molecule has 1 N–H and O–H groups in total. The number of fused-ring (bicyclic) bond motifs is 1. The smallest absolute Gasteiger partial charge is 0.344 e. The van der Waals surface area contributed by atoms with Crippen molar-refractivity contribution in [1.82, 2.24) is 0 Å². The van der Waals surface area contributed by atoms with E-state index in [1.54, 1.807) is 25.1 Å². The maximum atomic E-state index is 11.8. The summed E-state index contributed by atoms with van der Waals surface area (Å²) in [5.74, 6) is -1.08. The summed E-state index contributed by atoms with van der Waals surface area (Å²) in [5, 5.41) is 13.8. The van der Waals surface area contributed by atoms with Gasteiger partial charge in [-0.15, -0.1) is 4.91 Å². The van der Waals surface area contributed by atoms with E-state index in [0.29, 0.717) is 10.8 Å². The second-order valence-corrected chi connectivity index (χ2v) is 4.71. The van der Waals surface area contributed by atoms with Gasteiger partial charge in [-0.1, -0.05) is 22.0 Å². The van der Waals surface area contributed by atoms with Crippen molar-refractivity contribution in [2.45, 2.75) is 6.92 Å². The highest BCUT2D eigenvalue weighted by Gasteiger charge is 2.21. The molecule has 0 unspecified atom stereocenters. The van der Waals surface area contributed by atoms with E-state index >= 15 is 0 Å². The molecular weight excluding hydrogens is 314 g/mol. The van der Waals surface area contributed by atoms with Gasteiger partial charge >= 0.3 is 5.97 Å². The van der Waals surface area contributed by atoms with Gasteiger partial charge in [0.2, 0.25) is 0 Å². The number of phenolic OH excluding ortho intramolecular Hbond substituents is 1. The fourth-order valence-corrected chi connectivity index (χ4v) is 2.20. The molecule has 0 atom stereocenters. The van der Waals surface area contributed by atoms with Crippen LogP contribution in [0.1, 0.15) is 17.3 Å². The van der Waals surface area contributed by atoms with Crippen LogP contribution in [0, 0.1) is 4.91 Å². The molecule has 0 aliphatic carbocycles. The summed E-state index contributed by atoms with van der Waals surface area (Å²) in [7, 11) is 0. The summed E-state index contributed by atoms with van der Waals surface area (Å²) in [6.45, 7) is 1.79. The van der Waals surface area contributed by atoms with Gasteiger partial charge in [0.15, 0.2) is 0 Å². The Morgan fingerprint density at radius 2 is 2.16 bits per heavy atom. The quantitative estimate of drug-likeness (QED) is 0.686. The van der Waals surface area contributed by atoms with E-state index in [0.717, 1.165) is 4.47 Å². The van der Waals surface area contributed by atoms with Crippen molar-refractivity contribution in [3.63, 3.8) is 0 Å². The molecule has 0 fully saturated rings. The number of benzene rings is 2. The first kappa shape index (κ1) is 13.5. The number of hydrogen-bond acceptors (Lipinski definition) is 5. The summed E-state index contributed by atoms with van der Waals surface area (Å²) < 4.78 is 5.56. The predicted molar refractivity (Wildman–Crippen MR) is 74.7 cm³/mol. The monoisotopic (exact) mass is 323 g/mol. The Morgan fingerprint density at radius 1 is 1.42 bits per heavy atom. The maximum absolute atomic E-state index is 11.8. The molecule has 0 amide bonds. The van der Waals surface area contributed by atoms with Crippen LogP contribution in [0.4, 0.5) is 5.69 Å². The van der Waals surface area contributed by atoms with E-state index < -0.39 is 5.97 Å². The maximum Gasteiger partial charge on any atom is 0.344 e. The van der Waals surface area contributed by atoms with Crippen LogP contribution < -0.4 is 0 Å². The molecule has 0 heterocycles. The number of nitrogens with zero attached hydrogens (tertiary/aromatic N) is 1. The number of rotatable bonds is 3. The summed E-state index contributed by atoms with van der Waals surface area (Å²) >= 11 is 3.28. The van der Waals surface area contributed by atoms with Crippen molar-refractivity contribution in [2.75, 3.05) is 6.61 Å². The first-order valence-electron chi connectivity index (χ1n) is 5.54. The topological polar surface area (TPSA) is 76.0 Å². The van der Waals surface area contributed by atoms with Crippen LogP contribution in [0.2, 0.25) is 0 Å². The number of esters is 1. The van der Waals surface area contributed by atoms with Gasteiger partial charge in [0.1, 0.15) is 17.0 Å². The number of halogens is 1. The molecule has 6 heteroatoms. The second kappa shape index (κ2) is 5.36. The molecule has 98 valence electrons. The SMILES string of the molecule is CCOC(=O)c1c(O)cc2ccc(Br)cc2c1N=O. The number of carbonyl (C=O) groups excluding carboxylic acids is 1. The van der Waals surface area contributed by atoms with Crippen LogP contribution in [-0.4, -0.2) is 17.7 Å². The molecular formula is C13H10BrNO4. The van der Waals surface area contributed by atoms with Crippen molar-refractivity contribution < 1.29 is 14.6 Å². The zero-order valence-corrected chi connectivity index (χ0v) is 11.6. The highest BCUT2D eigenvalue weighted by atomic mass is 79.9. The van der Waals surface area contributed by atoms with E-state index in [1.165, 1.54) is 6.07 Å². The minimum Gasteiger partial charge on any atom is -0.507 e. The van der Waals surface area contributed by atoms with E-state index in [-0.39, 0.29) is 23.6 Å². The molecule has 2 aromatic rings. The van der Waals surface area contributed by atoms with Crippen LogP contribution in [0.3, 0.4) is 0 Å². The third-order valence-corrected chi connectivity index (χ3v) is 3.12. The number of ether oxygens (including phenoxy) is 1. The Balaban J connectivity index is 2.79. The largest absolute Gasteiger partial charge is 0.507 e. The lowest BCUT2D eigenvalue weighted by molar-refractivity contribution is 0.0524. The van der Waals surface area contributed by atoms with Gasteiger partial charge < -0.3 is 9.84 Å². The van der Waals surface area contributed by atoms with E-state index in [1.807, 2.05) is 0 Å². The van der Waals surface area contributed by atoms with Crippen LogP contribution in [0.15, 0.2) is 33.9 Å². The van der Waals surface area contributed by atoms with Crippen LogP contribution in [0.5, 0.6) is 5.75 Å². The highest BCUT2D eigenvalue weighted by molar-refractivity contribution is 9.10. The molecule has 2 rings (SSSR count). The normalized spacial score (nSPS) is 10.4. The molecule has 2 aromatic carbocycles. The summed E-state index contributed by atoms with van der Waals surface area (Å²) in [6.07, 6.45) is 0. The minimum absolute atomic E-state index is 0.116. The van der Waals surface area contributed by atoms with Gasteiger partial charge in [0.05, 0.1) is 6.61 Å². The van der Waals surface area contributed by atoms with Crippen LogP contribution in [0.25, 0.3) is 10.8 Å². The van der Waals surface area contributed by atoms with Crippen molar-refractivity contribution in [2.24, 2.45) is 5.18 Å². The molecule has 0 aromatic heterocycles. The zero-order chi connectivity index (χ0) is 14.0. The number of nitroso groups, excluding NO2 is 1. The number of phenols is 1. The lowest BCUT2D eigenvalue weighted by Gasteiger charge is -2.09. The minimum atomic E-state index is -0.767. The fraction of sp³-hybridized carbons (Fsp3) is 0.154. The van der Waals surface area contributed by atoms with E-state index in [2.05, 4.69) is 21.1 Å². The second-order valence-electron chi connectivity index (χ2n) is 3.80. The Bertz CT molecular complexity index is 669. The molecule has 19 heavy (non-hydrogen) atoms. The zero-order valence-electron chi connectivity index (χ0n) is 10.0. The molecule has 0 aliphatic rings. The predicted octanol–water partition coefficient (Wildman–Crippen LogP) is 3.88. The third-order valence-electron chi connectivity index (χ3n) is 2.63. The Kier molecular flexibility index (Phi) is 3.80. The van der Waals surface area contributed by atoms with Crippen molar-refractivity contribution in [1.29, 1.82) is 0 Å². The van der Waals surface area contributed by atoms with Gasteiger partial charge in [-0.05, 0) is 35.7 Å². The standard InChI is InChI=1S/C13H10BrNO4/c1-2-19-13(17)11-10(16)5-7-3-4-8(14)6-9(7)12(11)15-18/h3-6,16H,2H2,1H3. The van der Waals surface area contributed by atoms with Gasteiger partial charge in [0.25, 0.3) is 0 Å². The molecule has 0 radical (unpaired) electrons. The Labute approximate surface area is 117 Å². The third kappa shape index (κ3) is 2.44. The molecule has 0 bridgehead atoms. The highest BCUT2D eigenvalue weighted by Crippen LogP contribution is 2.38. The number of carbonyl (C=O) groups is 1. The summed E-state index contributed by atoms with van der Waals surface area (Å²) in [6, 6.07) is 6.54. The molecule has 0 aliphatic heterocycles. The van der Waals surface area contributed by atoms with Gasteiger partial charge in [-0.2, -0.15) is 0 Å². The summed E-state index contributed by atoms with van der Waals surface area (Å²) in [4.78, 5) is 22.8. The van der Waals surface area contributed by atoms with Crippen molar-refractivity contribution in [3.05, 3.63) is 39.2 Å². The molecule has 0 saturated carbocycles. The van der Waals surface area contributed by atoms with Gasteiger partial charge in [-0.25, -0.2) is 4.79 Å². The number of aromatic hydroxyl groups is 1. The van der Waals surface area contributed by atoms with E-state index in [4.69, 9.17) is 4.74 Å².